The molecule has 2 aromatic heterocycles. The monoisotopic (exact) mass is 379 g/mol. The lowest BCUT2D eigenvalue weighted by atomic mass is 10.1. The van der Waals surface area contributed by atoms with E-state index >= 15 is 0 Å². The van der Waals surface area contributed by atoms with Crippen LogP contribution in [0, 0.1) is 20.8 Å². The van der Waals surface area contributed by atoms with E-state index in [1.54, 1.807) is 6.07 Å². The summed E-state index contributed by atoms with van der Waals surface area (Å²) >= 11 is 6.19. The number of hydrogen-bond acceptors (Lipinski definition) is 3. The van der Waals surface area contributed by atoms with Gasteiger partial charge in [0, 0.05) is 10.9 Å². The molecule has 5 nitrogen and oxygen atoms in total. The maximum Gasteiger partial charge on any atom is 0.291 e. The summed E-state index contributed by atoms with van der Waals surface area (Å²) in [4.78, 5) is 12.9. The number of halogens is 1. The van der Waals surface area contributed by atoms with Crippen LogP contribution in [0.4, 0.5) is 5.69 Å². The van der Waals surface area contributed by atoms with Crippen molar-refractivity contribution in [3.63, 3.8) is 0 Å². The van der Waals surface area contributed by atoms with Gasteiger partial charge >= 0.3 is 0 Å². The van der Waals surface area contributed by atoms with E-state index in [0.717, 1.165) is 28.0 Å². The molecule has 0 saturated heterocycles. The standard InChI is InChI=1S/C21H18ClN3O2/c1-12-16-10-7-11-17(22)20(16)27-19(12)21(26)23-18-13(2)24-25(14(18)3)15-8-5-4-6-9-15/h4-11H,1-3H3,(H,23,26). The Morgan fingerprint density at radius 2 is 1.81 bits per heavy atom. The first-order chi connectivity index (χ1) is 13.0. The normalized spacial score (nSPS) is 11.1. The number of para-hydroxylation sites is 2. The lowest BCUT2D eigenvalue weighted by Gasteiger charge is -2.06. The van der Waals surface area contributed by atoms with Crippen LogP contribution in [0.2, 0.25) is 5.02 Å². The summed E-state index contributed by atoms with van der Waals surface area (Å²) < 4.78 is 7.58. The zero-order valence-corrected chi connectivity index (χ0v) is 16.0. The summed E-state index contributed by atoms with van der Waals surface area (Å²) in [6.45, 7) is 5.64. The van der Waals surface area contributed by atoms with Crippen molar-refractivity contribution in [1.29, 1.82) is 0 Å². The summed E-state index contributed by atoms with van der Waals surface area (Å²) in [6.07, 6.45) is 0. The molecule has 0 radical (unpaired) electrons. The third kappa shape index (κ3) is 2.90. The highest BCUT2D eigenvalue weighted by atomic mass is 35.5. The highest BCUT2D eigenvalue weighted by Crippen LogP contribution is 2.31. The van der Waals surface area contributed by atoms with Crippen molar-refractivity contribution >= 4 is 34.2 Å². The van der Waals surface area contributed by atoms with Crippen molar-refractivity contribution in [3.8, 4) is 5.69 Å². The molecule has 0 fully saturated rings. The molecule has 0 unspecified atom stereocenters. The molecule has 2 heterocycles. The van der Waals surface area contributed by atoms with E-state index in [9.17, 15) is 4.79 Å². The number of anilines is 1. The van der Waals surface area contributed by atoms with Gasteiger partial charge in [0.05, 0.1) is 27.8 Å². The largest absolute Gasteiger partial charge is 0.449 e. The first-order valence-corrected chi connectivity index (χ1v) is 8.95. The highest BCUT2D eigenvalue weighted by molar-refractivity contribution is 6.35. The van der Waals surface area contributed by atoms with Gasteiger partial charge in [-0.2, -0.15) is 5.10 Å². The van der Waals surface area contributed by atoms with E-state index in [0.29, 0.717) is 16.3 Å². The molecular weight excluding hydrogens is 362 g/mol. The second-order valence-corrected chi connectivity index (χ2v) is 6.83. The van der Waals surface area contributed by atoms with Gasteiger partial charge in [0.25, 0.3) is 5.91 Å². The number of furan rings is 1. The molecule has 1 amide bonds. The van der Waals surface area contributed by atoms with Crippen molar-refractivity contribution in [2.75, 3.05) is 5.32 Å². The lowest BCUT2D eigenvalue weighted by molar-refractivity contribution is 0.0997. The minimum absolute atomic E-state index is 0.254. The molecule has 0 bridgehead atoms. The Hall–Kier alpha value is -3.05. The highest BCUT2D eigenvalue weighted by Gasteiger charge is 2.22. The molecule has 0 aliphatic heterocycles. The van der Waals surface area contributed by atoms with Crippen LogP contribution in [-0.4, -0.2) is 15.7 Å². The average Bonchev–Trinajstić information content (AvgIpc) is 3.15. The van der Waals surface area contributed by atoms with Gasteiger partial charge < -0.3 is 9.73 Å². The van der Waals surface area contributed by atoms with Crippen molar-refractivity contribution in [3.05, 3.63) is 76.3 Å². The summed E-state index contributed by atoms with van der Waals surface area (Å²) in [5, 5.41) is 8.82. The van der Waals surface area contributed by atoms with Crippen LogP contribution in [-0.2, 0) is 0 Å². The summed E-state index contributed by atoms with van der Waals surface area (Å²) in [5.41, 5.74) is 4.47. The van der Waals surface area contributed by atoms with Crippen molar-refractivity contribution in [2.24, 2.45) is 0 Å². The molecule has 0 spiro atoms. The Morgan fingerprint density at radius 3 is 2.52 bits per heavy atom. The molecule has 0 aliphatic rings. The predicted molar refractivity (Wildman–Crippen MR) is 107 cm³/mol. The van der Waals surface area contributed by atoms with Crippen LogP contribution in [0.1, 0.15) is 27.5 Å². The minimum atomic E-state index is -0.321. The average molecular weight is 380 g/mol. The van der Waals surface area contributed by atoms with Gasteiger partial charge in [0.15, 0.2) is 11.3 Å². The van der Waals surface area contributed by atoms with Crippen LogP contribution < -0.4 is 5.32 Å². The number of benzene rings is 2. The Bertz CT molecular complexity index is 1160. The van der Waals surface area contributed by atoms with Gasteiger partial charge in [-0.05, 0) is 39.0 Å². The Morgan fingerprint density at radius 1 is 1.07 bits per heavy atom. The zero-order valence-electron chi connectivity index (χ0n) is 15.2. The van der Waals surface area contributed by atoms with Gasteiger partial charge in [0.2, 0.25) is 0 Å². The fraction of sp³-hybridized carbons (Fsp3) is 0.143. The number of carbonyl (C=O) groups excluding carboxylic acids is 1. The molecule has 0 atom stereocenters. The molecule has 4 rings (SSSR count). The van der Waals surface area contributed by atoms with E-state index in [1.165, 1.54) is 0 Å². The Kier molecular flexibility index (Phi) is 4.24. The van der Waals surface area contributed by atoms with Crippen LogP contribution in [0.5, 0.6) is 0 Å². The van der Waals surface area contributed by atoms with Crippen molar-refractivity contribution in [2.45, 2.75) is 20.8 Å². The van der Waals surface area contributed by atoms with Crippen LogP contribution in [0.3, 0.4) is 0 Å². The Labute approximate surface area is 161 Å². The number of carbonyl (C=O) groups is 1. The number of hydrogen-bond donors (Lipinski definition) is 1. The van der Waals surface area contributed by atoms with E-state index in [4.69, 9.17) is 16.0 Å². The minimum Gasteiger partial charge on any atom is -0.449 e. The molecule has 2 aromatic carbocycles. The van der Waals surface area contributed by atoms with Crippen LogP contribution >= 0.6 is 11.6 Å². The topological polar surface area (TPSA) is 60.1 Å². The smallest absolute Gasteiger partial charge is 0.291 e. The first kappa shape index (κ1) is 17.4. The maximum absolute atomic E-state index is 12.9. The van der Waals surface area contributed by atoms with Gasteiger partial charge in [-0.15, -0.1) is 0 Å². The summed E-state index contributed by atoms with van der Waals surface area (Å²) in [7, 11) is 0. The van der Waals surface area contributed by atoms with Gasteiger partial charge in [-0.25, -0.2) is 4.68 Å². The first-order valence-electron chi connectivity index (χ1n) is 8.58. The number of nitrogens with one attached hydrogen (secondary N) is 1. The second-order valence-electron chi connectivity index (χ2n) is 6.42. The van der Waals surface area contributed by atoms with Crippen LogP contribution in [0.15, 0.2) is 52.9 Å². The second kappa shape index (κ2) is 6.59. The van der Waals surface area contributed by atoms with Crippen LogP contribution in [0.25, 0.3) is 16.7 Å². The van der Waals surface area contributed by atoms with E-state index < -0.39 is 0 Å². The van der Waals surface area contributed by atoms with Gasteiger partial charge in [-0.1, -0.05) is 41.9 Å². The van der Waals surface area contributed by atoms with Crippen molar-refractivity contribution < 1.29 is 9.21 Å². The quantitative estimate of drug-likeness (QED) is 0.515. The molecule has 6 heteroatoms. The predicted octanol–water partition coefficient (Wildman–Crippen LogP) is 5.45. The molecule has 0 saturated carbocycles. The molecule has 4 aromatic rings. The van der Waals surface area contributed by atoms with E-state index in [2.05, 4.69) is 10.4 Å². The number of aromatic nitrogens is 2. The third-order valence-corrected chi connectivity index (χ3v) is 4.95. The zero-order chi connectivity index (χ0) is 19.1. The molecule has 136 valence electrons. The number of aryl methyl sites for hydroxylation is 2. The molecule has 1 N–H and O–H groups in total. The third-order valence-electron chi connectivity index (χ3n) is 4.65. The number of fused-ring (bicyclic) bond motifs is 1. The molecule has 27 heavy (non-hydrogen) atoms. The van der Waals surface area contributed by atoms with E-state index in [-0.39, 0.29) is 11.7 Å². The lowest BCUT2D eigenvalue weighted by Crippen LogP contribution is -2.13. The van der Waals surface area contributed by atoms with Gasteiger partial charge in [-0.3, -0.25) is 4.79 Å². The number of amides is 1. The summed E-state index contributed by atoms with van der Waals surface area (Å²) in [5.74, 6) is -0.0667. The number of rotatable bonds is 3. The fourth-order valence-corrected chi connectivity index (χ4v) is 3.45. The number of nitrogens with zero attached hydrogens (tertiary/aromatic N) is 2. The molecule has 0 aliphatic carbocycles. The molecular formula is C21H18ClN3O2. The van der Waals surface area contributed by atoms with Crippen molar-refractivity contribution in [1.82, 2.24) is 9.78 Å². The fourth-order valence-electron chi connectivity index (χ4n) is 3.24. The Balaban J connectivity index is 1.71. The maximum atomic E-state index is 12.9. The SMILES string of the molecule is Cc1nn(-c2ccccc2)c(C)c1NC(=O)c1oc2c(Cl)cccc2c1C. The van der Waals surface area contributed by atoms with Gasteiger partial charge in [0.1, 0.15) is 0 Å². The van der Waals surface area contributed by atoms with E-state index in [1.807, 2.05) is 67.9 Å². The summed E-state index contributed by atoms with van der Waals surface area (Å²) in [6, 6.07) is 15.3.